The van der Waals surface area contributed by atoms with Crippen molar-refractivity contribution in [3.05, 3.63) is 24.3 Å². The number of anilines is 2. The van der Waals surface area contributed by atoms with E-state index in [0.717, 1.165) is 17.9 Å². The fourth-order valence-electron chi connectivity index (χ4n) is 2.78. The monoisotopic (exact) mass is 274 g/mol. The standard InChI is InChI=1S/C14H18N4O2/c1-17-8-9-18(11-5-3-2-4-10(11)17)13(19)14(6-7-14)12(15)16-20/h2-5,20H,6-9H2,1H3,(H2,15,16). The third kappa shape index (κ3) is 1.71. The highest BCUT2D eigenvalue weighted by Crippen LogP contribution is 2.49. The molecule has 1 aliphatic heterocycles. The van der Waals surface area contributed by atoms with Crippen LogP contribution < -0.4 is 15.5 Å². The number of oxime groups is 1. The Morgan fingerprint density at radius 3 is 2.55 bits per heavy atom. The van der Waals surface area contributed by atoms with Gasteiger partial charge in [0.2, 0.25) is 5.91 Å². The third-order valence-electron chi connectivity index (χ3n) is 4.25. The van der Waals surface area contributed by atoms with E-state index in [1.54, 1.807) is 4.90 Å². The number of para-hydroxylation sites is 2. The Labute approximate surface area is 117 Å². The van der Waals surface area contributed by atoms with Gasteiger partial charge in [-0.1, -0.05) is 17.3 Å². The van der Waals surface area contributed by atoms with Crippen LogP contribution in [0.15, 0.2) is 29.4 Å². The van der Waals surface area contributed by atoms with Gasteiger partial charge in [0.25, 0.3) is 0 Å². The van der Waals surface area contributed by atoms with Gasteiger partial charge in [-0.25, -0.2) is 0 Å². The van der Waals surface area contributed by atoms with Crippen molar-refractivity contribution in [3.8, 4) is 0 Å². The molecule has 0 spiro atoms. The zero-order valence-electron chi connectivity index (χ0n) is 11.4. The Morgan fingerprint density at radius 2 is 1.95 bits per heavy atom. The van der Waals surface area contributed by atoms with Gasteiger partial charge < -0.3 is 20.7 Å². The van der Waals surface area contributed by atoms with Crippen LogP contribution in [0.1, 0.15) is 12.8 Å². The lowest BCUT2D eigenvalue weighted by Crippen LogP contribution is -2.49. The van der Waals surface area contributed by atoms with Crippen LogP contribution in [0.25, 0.3) is 0 Å². The first kappa shape index (κ1) is 12.8. The van der Waals surface area contributed by atoms with E-state index < -0.39 is 5.41 Å². The van der Waals surface area contributed by atoms with Gasteiger partial charge in [0.05, 0.1) is 11.4 Å². The number of nitrogens with two attached hydrogens (primary N) is 1. The van der Waals surface area contributed by atoms with Crippen LogP contribution in [-0.2, 0) is 4.79 Å². The molecule has 3 rings (SSSR count). The Bertz CT molecular complexity index is 580. The summed E-state index contributed by atoms with van der Waals surface area (Å²) < 4.78 is 0. The summed E-state index contributed by atoms with van der Waals surface area (Å²) in [4.78, 5) is 16.7. The number of rotatable bonds is 2. The van der Waals surface area contributed by atoms with E-state index in [1.807, 2.05) is 31.3 Å². The lowest BCUT2D eigenvalue weighted by atomic mass is 10.0. The molecule has 0 bridgehead atoms. The lowest BCUT2D eigenvalue weighted by Gasteiger charge is -2.37. The summed E-state index contributed by atoms with van der Waals surface area (Å²) in [5.74, 6) is -0.0349. The second-order valence-corrected chi connectivity index (χ2v) is 5.43. The summed E-state index contributed by atoms with van der Waals surface area (Å²) >= 11 is 0. The number of nitrogens with zero attached hydrogens (tertiary/aromatic N) is 3. The molecule has 106 valence electrons. The van der Waals surface area contributed by atoms with Crippen molar-refractivity contribution in [1.29, 1.82) is 0 Å². The van der Waals surface area contributed by atoms with E-state index in [1.165, 1.54) is 0 Å². The molecule has 1 aliphatic carbocycles. The Kier molecular flexibility index (Phi) is 2.81. The number of hydrogen-bond donors (Lipinski definition) is 2. The van der Waals surface area contributed by atoms with Crippen LogP contribution in [0, 0.1) is 5.41 Å². The highest BCUT2D eigenvalue weighted by Gasteiger charge is 2.56. The van der Waals surface area contributed by atoms with Crippen molar-refractivity contribution in [2.24, 2.45) is 16.3 Å². The van der Waals surface area contributed by atoms with Gasteiger partial charge in [-0.2, -0.15) is 0 Å². The van der Waals surface area contributed by atoms with Crippen LogP contribution >= 0.6 is 0 Å². The smallest absolute Gasteiger partial charge is 0.241 e. The molecule has 2 aliphatic rings. The summed E-state index contributed by atoms with van der Waals surface area (Å²) in [7, 11) is 2.01. The fourth-order valence-corrected chi connectivity index (χ4v) is 2.78. The average Bonchev–Trinajstić information content (AvgIpc) is 3.28. The third-order valence-corrected chi connectivity index (χ3v) is 4.25. The van der Waals surface area contributed by atoms with E-state index in [-0.39, 0.29) is 11.7 Å². The van der Waals surface area contributed by atoms with Gasteiger partial charge in [-0.3, -0.25) is 4.79 Å². The minimum atomic E-state index is -0.794. The van der Waals surface area contributed by atoms with Gasteiger partial charge in [0, 0.05) is 20.1 Å². The second-order valence-electron chi connectivity index (χ2n) is 5.43. The largest absolute Gasteiger partial charge is 0.409 e. The van der Waals surface area contributed by atoms with E-state index in [9.17, 15) is 4.79 Å². The summed E-state index contributed by atoms with van der Waals surface area (Å²) in [5, 5.41) is 11.9. The number of carbonyl (C=O) groups excluding carboxylic acids is 1. The minimum Gasteiger partial charge on any atom is -0.409 e. The van der Waals surface area contributed by atoms with Crippen molar-refractivity contribution in [2.45, 2.75) is 12.8 Å². The maximum absolute atomic E-state index is 12.8. The molecule has 6 nitrogen and oxygen atoms in total. The summed E-state index contributed by atoms with van der Waals surface area (Å²) in [5.41, 5.74) is 6.84. The molecule has 0 radical (unpaired) electrons. The molecule has 20 heavy (non-hydrogen) atoms. The number of fused-ring (bicyclic) bond motifs is 1. The predicted octanol–water partition coefficient (Wildman–Crippen LogP) is 0.996. The fraction of sp³-hybridized carbons (Fsp3) is 0.429. The maximum Gasteiger partial charge on any atom is 0.241 e. The maximum atomic E-state index is 12.8. The highest BCUT2D eigenvalue weighted by atomic mass is 16.4. The molecule has 6 heteroatoms. The molecule has 1 aromatic carbocycles. The van der Waals surface area contributed by atoms with E-state index >= 15 is 0 Å². The zero-order valence-corrected chi connectivity index (χ0v) is 11.4. The number of hydrogen-bond acceptors (Lipinski definition) is 4. The first-order chi connectivity index (χ1) is 9.60. The molecule has 3 N–H and O–H groups in total. The van der Waals surface area contributed by atoms with Gasteiger partial charge in [0.1, 0.15) is 5.41 Å². The molecular formula is C14H18N4O2. The van der Waals surface area contributed by atoms with Gasteiger partial charge in [-0.05, 0) is 25.0 Å². The van der Waals surface area contributed by atoms with E-state index in [2.05, 4.69) is 10.1 Å². The molecule has 1 amide bonds. The van der Waals surface area contributed by atoms with Gasteiger partial charge in [-0.15, -0.1) is 0 Å². The SMILES string of the molecule is CN1CCN(C(=O)C2(/C(N)=N/O)CC2)c2ccccc21. The van der Waals surface area contributed by atoms with E-state index in [0.29, 0.717) is 19.4 Å². The zero-order chi connectivity index (χ0) is 14.3. The quantitative estimate of drug-likeness (QED) is 0.365. The summed E-state index contributed by atoms with van der Waals surface area (Å²) in [6, 6.07) is 7.81. The molecule has 1 aromatic rings. The highest BCUT2D eigenvalue weighted by molar-refractivity contribution is 6.16. The van der Waals surface area contributed by atoms with Crippen LogP contribution in [-0.4, -0.2) is 37.1 Å². The molecule has 1 saturated carbocycles. The molecule has 0 aromatic heterocycles. The molecule has 0 unspecified atom stereocenters. The van der Waals surface area contributed by atoms with Crippen LogP contribution in [0.3, 0.4) is 0 Å². The Morgan fingerprint density at radius 1 is 1.30 bits per heavy atom. The van der Waals surface area contributed by atoms with Gasteiger partial charge in [0.15, 0.2) is 5.84 Å². The summed E-state index contributed by atoms with van der Waals surface area (Å²) in [6.07, 6.45) is 1.30. The van der Waals surface area contributed by atoms with Crippen LogP contribution in [0.4, 0.5) is 11.4 Å². The number of amides is 1. The lowest BCUT2D eigenvalue weighted by molar-refractivity contribution is -0.121. The Hall–Kier alpha value is -2.24. The first-order valence-corrected chi connectivity index (χ1v) is 6.70. The number of likely N-dealkylation sites (N-methyl/N-ethyl adjacent to an activating group) is 1. The molecule has 0 atom stereocenters. The number of carbonyl (C=O) groups is 1. The second kappa shape index (κ2) is 4.40. The molecular weight excluding hydrogens is 256 g/mol. The normalized spacial score (nSPS) is 20.6. The topological polar surface area (TPSA) is 82.2 Å². The van der Waals surface area contributed by atoms with Crippen LogP contribution in [0.2, 0.25) is 0 Å². The molecule has 1 fully saturated rings. The minimum absolute atomic E-state index is 0.0268. The number of benzene rings is 1. The van der Waals surface area contributed by atoms with E-state index in [4.69, 9.17) is 10.9 Å². The molecule has 1 heterocycles. The Balaban J connectivity index is 1.97. The molecule has 0 saturated heterocycles. The van der Waals surface area contributed by atoms with Crippen molar-refractivity contribution in [2.75, 3.05) is 29.9 Å². The van der Waals surface area contributed by atoms with Crippen molar-refractivity contribution in [1.82, 2.24) is 0 Å². The van der Waals surface area contributed by atoms with Crippen molar-refractivity contribution >= 4 is 23.1 Å². The predicted molar refractivity (Wildman–Crippen MR) is 77.1 cm³/mol. The average molecular weight is 274 g/mol. The van der Waals surface area contributed by atoms with Crippen LogP contribution in [0.5, 0.6) is 0 Å². The first-order valence-electron chi connectivity index (χ1n) is 6.70. The summed E-state index contributed by atoms with van der Waals surface area (Å²) in [6.45, 7) is 1.39. The van der Waals surface area contributed by atoms with Crippen molar-refractivity contribution < 1.29 is 10.0 Å². The van der Waals surface area contributed by atoms with Gasteiger partial charge >= 0.3 is 0 Å². The number of amidine groups is 1. The van der Waals surface area contributed by atoms with Crippen molar-refractivity contribution in [3.63, 3.8) is 0 Å².